The van der Waals surface area contributed by atoms with Crippen LogP contribution in [-0.2, 0) is 13.0 Å². The van der Waals surface area contributed by atoms with Crippen LogP contribution in [0.1, 0.15) is 18.1 Å². The van der Waals surface area contributed by atoms with E-state index < -0.39 is 0 Å². The lowest BCUT2D eigenvalue weighted by Crippen LogP contribution is -2.00. The van der Waals surface area contributed by atoms with Crippen molar-refractivity contribution in [2.75, 3.05) is 5.32 Å². The first-order chi connectivity index (χ1) is 8.70. The summed E-state index contributed by atoms with van der Waals surface area (Å²) < 4.78 is 0.914. The van der Waals surface area contributed by atoms with Gasteiger partial charge in [-0.15, -0.1) is 0 Å². The van der Waals surface area contributed by atoms with E-state index in [2.05, 4.69) is 52.4 Å². The Bertz CT molecular complexity index is 523. The van der Waals surface area contributed by atoms with Gasteiger partial charge in [-0.2, -0.15) is 0 Å². The first-order valence-corrected chi connectivity index (χ1v) is 7.13. The molecule has 0 unspecified atom stereocenters. The van der Waals surface area contributed by atoms with Crippen LogP contribution < -0.4 is 5.32 Å². The predicted octanol–water partition coefficient (Wildman–Crippen LogP) is 5.28. The van der Waals surface area contributed by atoms with Gasteiger partial charge in [0.2, 0.25) is 0 Å². The standard InChI is InChI=1S/C15H15BrClN/c1-2-11-6-8-12(9-7-11)10-18-14-5-3-4-13(17)15(14)16/h3-9,18H,2,10H2,1H3. The molecule has 0 fully saturated rings. The van der Waals surface area contributed by atoms with Crippen molar-refractivity contribution in [3.8, 4) is 0 Å². The number of rotatable bonds is 4. The Balaban J connectivity index is 2.04. The van der Waals surface area contributed by atoms with Gasteiger partial charge in [-0.05, 0) is 45.6 Å². The van der Waals surface area contributed by atoms with Crippen molar-refractivity contribution >= 4 is 33.2 Å². The molecule has 0 aromatic heterocycles. The summed E-state index contributed by atoms with van der Waals surface area (Å²) in [5, 5.41) is 4.10. The number of hydrogen-bond donors (Lipinski definition) is 1. The zero-order chi connectivity index (χ0) is 13.0. The molecule has 0 aliphatic rings. The van der Waals surface area contributed by atoms with Crippen LogP contribution in [0, 0.1) is 0 Å². The third kappa shape index (κ3) is 3.27. The number of aryl methyl sites for hydroxylation is 1. The molecule has 0 radical (unpaired) electrons. The summed E-state index contributed by atoms with van der Waals surface area (Å²) in [5.41, 5.74) is 3.64. The highest BCUT2D eigenvalue weighted by atomic mass is 79.9. The van der Waals surface area contributed by atoms with Gasteiger partial charge in [-0.1, -0.05) is 48.9 Å². The van der Waals surface area contributed by atoms with Crippen molar-refractivity contribution in [3.05, 3.63) is 63.1 Å². The van der Waals surface area contributed by atoms with Gasteiger partial charge in [0, 0.05) is 6.54 Å². The lowest BCUT2D eigenvalue weighted by Gasteiger charge is -2.10. The second-order valence-corrected chi connectivity index (χ2v) is 5.33. The van der Waals surface area contributed by atoms with Crippen LogP contribution in [0.15, 0.2) is 46.9 Å². The third-order valence-corrected chi connectivity index (χ3v) is 4.26. The van der Waals surface area contributed by atoms with Gasteiger partial charge in [-0.3, -0.25) is 0 Å². The van der Waals surface area contributed by atoms with Gasteiger partial charge in [0.15, 0.2) is 0 Å². The molecule has 0 heterocycles. The summed E-state index contributed by atoms with van der Waals surface area (Å²) >= 11 is 9.53. The van der Waals surface area contributed by atoms with Crippen LogP contribution in [0.2, 0.25) is 5.02 Å². The number of hydrogen-bond acceptors (Lipinski definition) is 1. The van der Waals surface area contributed by atoms with E-state index in [1.807, 2.05) is 18.2 Å². The Morgan fingerprint density at radius 2 is 1.72 bits per heavy atom. The molecule has 0 atom stereocenters. The smallest absolute Gasteiger partial charge is 0.0593 e. The normalized spacial score (nSPS) is 10.4. The Morgan fingerprint density at radius 3 is 2.39 bits per heavy atom. The van der Waals surface area contributed by atoms with Crippen LogP contribution in [-0.4, -0.2) is 0 Å². The Kier molecular flexibility index (Phi) is 4.67. The predicted molar refractivity (Wildman–Crippen MR) is 82.3 cm³/mol. The van der Waals surface area contributed by atoms with Gasteiger partial charge in [0.1, 0.15) is 0 Å². The van der Waals surface area contributed by atoms with E-state index in [0.717, 1.165) is 28.1 Å². The highest BCUT2D eigenvalue weighted by Gasteiger charge is 2.03. The molecule has 2 rings (SSSR count). The molecule has 0 saturated heterocycles. The maximum absolute atomic E-state index is 6.05. The fourth-order valence-corrected chi connectivity index (χ4v) is 2.31. The molecular weight excluding hydrogens is 310 g/mol. The second-order valence-electron chi connectivity index (χ2n) is 4.12. The van der Waals surface area contributed by atoms with E-state index in [1.54, 1.807) is 0 Å². The minimum absolute atomic E-state index is 0.723. The lowest BCUT2D eigenvalue weighted by atomic mass is 10.1. The van der Waals surface area contributed by atoms with E-state index in [-0.39, 0.29) is 0 Å². The minimum Gasteiger partial charge on any atom is -0.380 e. The zero-order valence-electron chi connectivity index (χ0n) is 10.2. The zero-order valence-corrected chi connectivity index (χ0v) is 12.6. The summed E-state index contributed by atoms with van der Waals surface area (Å²) in [6.45, 7) is 2.96. The van der Waals surface area contributed by atoms with Crippen LogP contribution in [0.25, 0.3) is 0 Å². The molecule has 0 spiro atoms. The number of halogens is 2. The van der Waals surface area contributed by atoms with Crippen molar-refractivity contribution in [3.63, 3.8) is 0 Å². The number of anilines is 1. The summed E-state index contributed by atoms with van der Waals surface area (Å²) in [4.78, 5) is 0. The molecular formula is C15H15BrClN. The van der Waals surface area contributed by atoms with Crippen molar-refractivity contribution in [1.29, 1.82) is 0 Å². The Morgan fingerprint density at radius 1 is 1.06 bits per heavy atom. The van der Waals surface area contributed by atoms with Crippen LogP contribution >= 0.6 is 27.5 Å². The fraction of sp³-hybridized carbons (Fsp3) is 0.200. The number of nitrogens with one attached hydrogen (secondary N) is 1. The van der Waals surface area contributed by atoms with E-state index in [1.165, 1.54) is 11.1 Å². The van der Waals surface area contributed by atoms with Gasteiger partial charge in [-0.25, -0.2) is 0 Å². The Hall–Kier alpha value is -0.990. The van der Waals surface area contributed by atoms with Crippen LogP contribution in [0.4, 0.5) is 5.69 Å². The molecule has 0 aliphatic carbocycles. The summed E-state index contributed by atoms with van der Waals surface area (Å²) in [6, 6.07) is 14.5. The summed E-state index contributed by atoms with van der Waals surface area (Å²) in [7, 11) is 0. The molecule has 94 valence electrons. The molecule has 3 heteroatoms. The summed E-state index contributed by atoms with van der Waals surface area (Å²) in [5.74, 6) is 0. The largest absolute Gasteiger partial charge is 0.380 e. The van der Waals surface area contributed by atoms with Crippen LogP contribution in [0.3, 0.4) is 0 Å². The topological polar surface area (TPSA) is 12.0 Å². The lowest BCUT2D eigenvalue weighted by molar-refractivity contribution is 1.10. The van der Waals surface area contributed by atoms with Crippen molar-refractivity contribution in [2.45, 2.75) is 19.9 Å². The average Bonchev–Trinajstić information content (AvgIpc) is 2.41. The van der Waals surface area contributed by atoms with Crippen molar-refractivity contribution in [1.82, 2.24) is 0 Å². The first kappa shape index (κ1) is 13.4. The highest BCUT2D eigenvalue weighted by Crippen LogP contribution is 2.30. The van der Waals surface area contributed by atoms with Gasteiger partial charge in [0.05, 0.1) is 15.2 Å². The Labute approximate surface area is 121 Å². The minimum atomic E-state index is 0.723. The molecule has 0 saturated carbocycles. The van der Waals surface area contributed by atoms with E-state index in [4.69, 9.17) is 11.6 Å². The van der Waals surface area contributed by atoms with Crippen LogP contribution in [0.5, 0.6) is 0 Å². The molecule has 2 aromatic carbocycles. The molecule has 0 amide bonds. The van der Waals surface area contributed by atoms with Gasteiger partial charge in [0.25, 0.3) is 0 Å². The first-order valence-electron chi connectivity index (χ1n) is 5.96. The van der Waals surface area contributed by atoms with Gasteiger partial charge < -0.3 is 5.32 Å². The van der Waals surface area contributed by atoms with Gasteiger partial charge >= 0.3 is 0 Å². The summed E-state index contributed by atoms with van der Waals surface area (Å²) in [6.07, 6.45) is 1.08. The quantitative estimate of drug-likeness (QED) is 0.807. The SMILES string of the molecule is CCc1ccc(CNc2cccc(Cl)c2Br)cc1. The average molecular weight is 325 g/mol. The number of benzene rings is 2. The van der Waals surface area contributed by atoms with E-state index in [0.29, 0.717) is 0 Å². The maximum Gasteiger partial charge on any atom is 0.0593 e. The van der Waals surface area contributed by atoms with Crippen molar-refractivity contribution in [2.24, 2.45) is 0 Å². The highest BCUT2D eigenvalue weighted by molar-refractivity contribution is 9.10. The maximum atomic E-state index is 6.05. The van der Waals surface area contributed by atoms with Crippen molar-refractivity contribution < 1.29 is 0 Å². The fourth-order valence-electron chi connectivity index (χ4n) is 1.73. The molecule has 0 bridgehead atoms. The third-order valence-electron chi connectivity index (χ3n) is 2.87. The molecule has 18 heavy (non-hydrogen) atoms. The van der Waals surface area contributed by atoms with E-state index in [9.17, 15) is 0 Å². The molecule has 1 N–H and O–H groups in total. The molecule has 1 nitrogen and oxygen atoms in total. The molecule has 2 aromatic rings. The molecule has 0 aliphatic heterocycles. The second kappa shape index (κ2) is 6.26. The van der Waals surface area contributed by atoms with E-state index >= 15 is 0 Å². The monoisotopic (exact) mass is 323 g/mol.